The molecule has 0 spiro atoms. The van der Waals surface area contributed by atoms with E-state index in [1.54, 1.807) is 11.8 Å². The molecule has 0 radical (unpaired) electrons. The molecule has 0 aromatic heterocycles. The zero-order valence-electron chi connectivity index (χ0n) is 12.7. The molecule has 0 N–H and O–H groups in total. The van der Waals surface area contributed by atoms with E-state index in [4.69, 9.17) is 0 Å². The fraction of sp³-hybridized carbons (Fsp3) is 0.278. The highest BCUT2D eigenvalue weighted by Crippen LogP contribution is 2.25. The lowest BCUT2D eigenvalue weighted by Gasteiger charge is -2.14. The van der Waals surface area contributed by atoms with Crippen LogP contribution in [0.2, 0.25) is 0 Å². The van der Waals surface area contributed by atoms with Crippen LogP contribution in [0.5, 0.6) is 0 Å². The molecule has 0 amide bonds. The predicted molar refractivity (Wildman–Crippen MR) is 87.0 cm³/mol. The van der Waals surface area contributed by atoms with Crippen LogP contribution in [0.4, 0.5) is 0 Å². The maximum absolute atomic E-state index is 12.9. The Morgan fingerprint density at radius 2 is 1.55 bits per heavy atom. The summed E-state index contributed by atoms with van der Waals surface area (Å²) in [6.07, 6.45) is 2.02. The fourth-order valence-electron chi connectivity index (χ4n) is 2.47. The van der Waals surface area contributed by atoms with Crippen molar-refractivity contribution in [2.75, 3.05) is 6.26 Å². The number of carbonyl (C=O) groups is 1. The zero-order chi connectivity index (χ0) is 14.9. The van der Waals surface area contributed by atoms with E-state index < -0.39 is 0 Å². The molecule has 20 heavy (non-hydrogen) atoms. The maximum Gasteiger partial charge on any atom is 0.193 e. The van der Waals surface area contributed by atoms with Crippen molar-refractivity contribution in [3.8, 4) is 0 Å². The molecule has 0 saturated heterocycles. The van der Waals surface area contributed by atoms with Gasteiger partial charge in [-0.25, -0.2) is 0 Å². The average molecular weight is 284 g/mol. The first-order valence-corrected chi connectivity index (χ1v) is 7.94. The number of aryl methyl sites for hydroxylation is 2. The number of thioether (sulfide) groups is 1. The highest BCUT2D eigenvalue weighted by molar-refractivity contribution is 7.98. The Hall–Kier alpha value is -1.54. The minimum Gasteiger partial charge on any atom is -0.289 e. The molecule has 0 aliphatic rings. The van der Waals surface area contributed by atoms with Crippen LogP contribution in [0.3, 0.4) is 0 Å². The van der Waals surface area contributed by atoms with Gasteiger partial charge in [-0.3, -0.25) is 4.79 Å². The Labute approximate surface area is 125 Å². The van der Waals surface area contributed by atoms with Gasteiger partial charge < -0.3 is 0 Å². The molecular weight excluding hydrogens is 264 g/mol. The van der Waals surface area contributed by atoms with Crippen molar-refractivity contribution in [1.29, 1.82) is 0 Å². The Balaban J connectivity index is 2.59. The van der Waals surface area contributed by atoms with Gasteiger partial charge >= 0.3 is 0 Å². The Bertz CT molecular complexity index is 645. The first kappa shape index (κ1) is 14.9. The standard InChI is InChI=1S/C18H20OS/c1-11-9-12(2)14(4)17(13(11)3)18(19)15-7-6-8-16(10-15)20-5/h6-10H,1-5H3. The number of ketones is 1. The van der Waals surface area contributed by atoms with Crippen LogP contribution in [-0.4, -0.2) is 12.0 Å². The maximum atomic E-state index is 12.9. The van der Waals surface area contributed by atoms with Crippen LogP contribution in [0.15, 0.2) is 35.2 Å². The molecule has 2 rings (SSSR count). The van der Waals surface area contributed by atoms with Gasteiger partial charge in [-0.1, -0.05) is 18.2 Å². The van der Waals surface area contributed by atoms with E-state index >= 15 is 0 Å². The monoisotopic (exact) mass is 284 g/mol. The van der Waals surface area contributed by atoms with Gasteiger partial charge in [-0.15, -0.1) is 11.8 Å². The summed E-state index contributed by atoms with van der Waals surface area (Å²) >= 11 is 1.66. The molecule has 0 bridgehead atoms. The Kier molecular flexibility index (Phi) is 4.34. The van der Waals surface area contributed by atoms with Crippen molar-refractivity contribution in [2.45, 2.75) is 32.6 Å². The summed E-state index contributed by atoms with van der Waals surface area (Å²) in [6.45, 7) is 8.20. The summed E-state index contributed by atoms with van der Waals surface area (Å²) in [5, 5.41) is 0. The lowest BCUT2D eigenvalue weighted by Crippen LogP contribution is -2.09. The second-order valence-electron chi connectivity index (χ2n) is 5.20. The Morgan fingerprint density at radius 1 is 0.950 bits per heavy atom. The number of carbonyl (C=O) groups excluding carboxylic acids is 1. The summed E-state index contributed by atoms with van der Waals surface area (Å²) in [4.78, 5) is 14.0. The molecule has 0 saturated carbocycles. The highest BCUT2D eigenvalue weighted by Gasteiger charge is 2.17. The van der Waals surface area contributed by atoms with Crippen molar-refractivity contribution in [2.24, 2.45) is 0 Å². The van der Waals surface area contributed by atoms with E-state index in [1.807, 2.05) is 44.4 Å². The van der Waals surface area contributed by atoms with E-state index in [2.05, 4.69) is 19.9 Å². The van der Waals surface area contributed by atoms with E-state index in [0.29, 0.717) is 0 Å². The first-order chi connectivity index (χ1) is 9.45. The molecule has 2 heteroatoms. The van der Waals surface area contributed by atoms with Crippen LogP contribution < -0.4 is 0 Å². The minimum absolute atomic E-state index is 0.128. The fourth-order valence-corrected chi connectivity index (χ4v) is 2.93. The van der Waals surface area contributed by atoms with Crippen molar-refractivity contribution in [3.05, 3.63) is 63.7 Å². The van der Waals surface area contributed by atoms with Crippen molar-refractivity contribution < 1.29 is 4.79 Å². The lowest BCUT2D eigenvalue weighted by molar-refractivity contribution is 0.103. The molecule has 0 unspecified atom stereocenters. The van der Waals surface area contributed by atoms with Gasteiger partial charge in [-0.2, -0.15) is 0 Å². The summed E-state index contributed by atoms with van der Waals surface area (Å²) in [6, 6.07) is 10.0. The van der Waals surface area contributed by atoms with Crippen molar-refractivity contribution in [3.63, 3.8) is 0 Å². The topological polar surface area (TPSA) is 17.1 Å². The third-order valence-electron chi connectivity index (χ3n) is 3.93. The van der Waals surface area contributed by atoms with E-state index in [0.717, 1.165) is 27.1 Å². The van der Waals surface area contributed by atoms with Crippen LogP contribution >= 0.6 is 11.8 Å². The van der Waals surface area contributed by atoms with Crippen LogP contribution in [-0.2, 0) is 0 Å². The van der Waals surface area contributed by atoms with E-state index in [9.17, 15) is 4.79 Å². The van der Waals surface area contributed by atoms with Crippen LogP contribution in [0.25, 0.3) is 0 Å². The lowest BCUT2D eigenvalue weighted by atomic mass is 9.89. The molecule has 0 aliphatic carbocycles. The smallest absolute Gasteiger partial charge is 0.193 e. The van der Waals surface area contributed by atoms with Gasteiger partial charge in [0.05, 0.1) is 0 Å². The largest absolute Gasteiger partial charge is 0.289 e. The number of hydrogen-bond acceptors (Lipinski definition) is 2. The summed E-state index contributed by atoms with van der Waals surface area (Å²) in [5.74, 6) is 0.128. The molecule has 0 aliphatic heterocycles. The average Bonchev–Trinajstić information content (AvgIpc) is 2.45. The molecular formula is C18H20OS. The van der Waals surface area contributed by atoms with Crippen molar-refractivity contribution in [1.82, 2.24) is 0 Å². The minimum atomic E-state index is 0.128. The molecule has 2 aromatic rings. The first-order valence-electron chi connectivity index (χ1n) is 6.72. The van der Waals surface area contributed by atoms with E-state index in [1.165, 1.54) is 11.1 Å². The normalized spacial score (nSPS) is 10.7. The molecule has 1 nitrogen and oxygen atoms in total. The van der Waals surface area contributed by atoms with Gasteiger partial charge in [0, 0.05) is 16.0 Å². The number of rotatable bonds is 3. The summed E-state index contributed by atoms with van der Waals surface area (Å²) in [7, 11) is 0. The third-order valence-corrected chi connectivity index (χ3v) is 4.65. The van der Waals surface area contributed by atoms with Gasteiger partial charge in [0.2, 0.25) is 0 Å². The molecule has 2 aromatic carbocycles. The summed E-state index contributed by atoms with van der Waals surface area (Å²) < 4.78 is 0. The van der Waals surface area contributed by atoms with Crippen LogP contribution in [0.1, 0.15) is 38.2 Å². The van der Waals surface area contributed by atoms with Gasteiger partial charge in [0.1, 0.15) is 0 Å². The second-order valence-corrected chi connectivity index (χ2v) is 6.08. The second kappa shape index (κ2) is 5.84. The summed E-state index contributed by atoms with van der Waals surface area (Å²) in [5.41, 5.74) is 6.17. The van der Waals surface area contributed by atoms with Gasteiger partial charge in [-0.05, 0) is 68.3 Å². The Morgan fingerprint density at radius 3 is 2.10 bits per heavy atom. The zero-order valence-corrected chi connectivity index (χ0v) is 13.5. The quantitative estimate of drug-likeness (QED) is 0.590. The SMILES string of the molecule is CSc1cccc(C(=O)c2c(C)c(C)cc(C)c2C)c1. The molecule has 0 atom stereocenters. The van der Waals surface area contributed by atoms with E-state index in [-0.39, 0.29) is 5.78 Å². The molecule has 104 valence electrons. The number of hydrogen-bond donors (Lipinski definition) is 0. The van der Waals surface area contributed by atoms with Crippen LogP contribution in [0, 0.1) is 27.7 Å². The highest BCUT2D eigenvalue weighted by atomic mass is 32.2. The predicted octanol–water partition coefficient (Wildman–Crippen LogP) is 4.87. The van der Waals surface area contributed by atoms with Gasteiger partial charge in [0.15, 0.2) is 5.78 Å². The third kappa shape index (κ3) is 2.66. The molecule has 0 fully saturated rings. The van der Waals surface area contributed by atoms with Gasteiger partial charge in [0.25, 0.3) is 0 Å². The van der Waals surface area contributed by atoms with Crippen molar-refractivity contribution >= 4 is 17.5 Å². The number of benzene rings is 2. The molecule has 0 heterocycles.